The van der Waals surface area contributed by atoms with Crippen molar-refractivity contribution in [3.63, 3.8) is 0 Å². The van der Waals surface area contributed by atoms with E-state index >= 15 is 0 Å². The largest absolute Gasteiger partial charge is 0.496 e. The number of hydrogen-bond acceptors (Lipinski definition) is 4. The van der Waals surface area contributed by atoms with E-state index < -0.39 is 0 Å². The van der Waals surface area contributed by atoms with Gasteiger partial charge in [-0.15, -0.1) is 0 Å². The molecular weight excluding hydrogens is 294 g/mol. The second kappa shape index (κ2) is 6.68. The van der Waals surface area contributed by atoms with Crippen LogP contribution >= 0.6 is 0 Å². The van der Waals surface area contributed by atoms with Gasteiger partial charge in [0.25, 0.3) is 0 Å². The minimum absolute atomic E-state index is 0.0177. The third-order valence-electron chi connectivity index (χ3n) is 4.03. The number of hydrogen-bond donors (Lipinski definition) is 1. The van der Waals surface area contributed by atoms with Gasteiger partial charge >= 0.3 is 6.03 Å². The molecule has 1 aromatic heterocycles. The van der Waals surface area contributed by atoms with Crippen LogP contribution < -0.4 is 10.1 Å². The fourth-order valence-electron chi connectivity index (χ4n) is 2.89. The number of aromatic nitrogens is 3. The van der Waals surface area contributed by atoms with Gasteiger partial charge in [-0.25, -0.2) is 9.78 Å². The summed E-state index contributed by atoms with van der Waals surface area (Å²) < 4.78 is 7.11. The Morgan fingerprint density at radius 3 is 3.09 bits per heavy atom. The highest BCUT2D eigenvalue weighted by Crippen LogP contribution is 2.27. The fourth-order valence-corrected chi connectivity index (χ4v) is 2.89. The van der Waals surface area contributed by atoms with Crippen molar-refractivity contribution in [1.82, 2.24) is 25.0 Å². The monoisotopic (exact) mass is 315 g/mol. The predicted molar refractivity (Wildman–Crippen MR) is 85.1 cm³/mol. The van der Waals surface area contributed by atoms with E-state index in [0.717, 1.165) is 17.7 Å². The van der Waals surface area contributed by atoms with Crippen LogP contribution in [-0.4, -0.2) is 45.4 Å². The van der Waals surface area contributed by atoms with Gasteiger partial charge in [0.2, 0.25) is 0 Å². The Labute approximate surface area is 135 Å². The summed E-state index contributed by atoms with van der Waals surface area (Å²) in [5, 5.41) is 7.07. The average molecular weight is 315 g/mol. The number of carbonyl (C=O) groups is 1. The Morgan fingerprint density at radius 1 is 1.48 bits per heavy atom. The summed E-state index contributed by atoms with van der Waals surface area (Å²) in [4.78, 5) is 18.2. The number of carbonyl (C=O) groups excluding carboxylic acids is 1. The van der Waals surface area contributed by atoms with Crippen LogP contribution in [0.3, 0.4) is 0 Å². The van der Waals surface area contributed by atoms with E-state index in [4.69, 9.17) is 4.74 Å². The molecule has 0 radical (unpaired) electrons. The lowest BCUT2D eigenvalue weighted by Crippen LogP contribution is -2.47. The molecule has 2 aromatic rings. The van der Waals surface area contributed by atoms with E-state index in [-0.39, 0.29) is 12.1 Å². The molecule has 1 aliphatic heterocycles. The maximum absolute atomic E-state index is 12.4. The number of benzene rings is 1. The lowest BCUT2D eigenvalue weighted by molar-refractivity contribution is 0.187. The van der Waals surface area contributed by atoms with E-state index in [9.17, 15) is 4.79 Å². The second-order valence-electron chi connectivity index (χ2n) is 5.74. The topological polar surface area (TPSA) is 72.3 Å². The van der Waals surface area contributed by atoms with Gasteiger partial charge in [0.15, 0.2) is 0 Å². The van der Waals surface area contributed by atoms with Gasteiger partial charge in [-0.2, -0.15) is 5.10 Å². The number of nitrogens with zero attached hydrogens (tertiary/aromatic N) is 4. The van der Waals surface area contributed by atoms with Gasteiger partial charge in [0.05, 0.1) is 13.7 Å². The number of methoxy groups -OCH3 is 1. The van der Waals surface area contributed by atoms with Crippen molar-refractivity contribution in [3.05, 3.63) is 42.0 Å². The molecule has 2 amide bonds. The van der Waals surface area contributed by atoms with Crippen LogP contribution in [0, 0.1) is 0 Å². The molecular formula is C16H21N5O2. The van der Waals surface area contributed by atoms with Crippen molar-refractivity contribution in [2.45, 2.75) is 32.5 Å². The minimum atomic E-state index is -0.0499. The quantitative estimate of drug-likeness (QED) is 0.927. The van der Waals surface area contributed by atoms with Gasteiger partial charge in [-0.05, 0) is 25.0 Å². The minimum Gasteiger partial charge on any atom is -0.496 e. The molecule has 0 bridgehead atoms. The van der Waals surface area contributed by atoms with Crippen molar-refractivity contribution in [2.24, 2.45) is 0 Å². The normalized spacial score (nSPS) is 15.0. The summed E-state index contributed by atoms with van der Waals surface area (Å²) in [6.45, 7) is 3.86. The zero-order valence-electron chi connectivity index (χ0n) is 13.4. The first-order valence-electron chi connectivity index (χ1n) is 7.70. The summed E-state index contributed by atoms with van der Waals surface area (Å²) in [6.07, 6.45) is 3.94. The van der Waals surface area contributed by atoms with Gasteiger partial charge < -0.3 is 15.0 Å². The smallest absolute Gasteiger partial charge is 0.317 e. The van der Waals surface area contributed by atoms with Crippen LogP contribution in [0.1, 0.15) is 18.1 Å². The lowest BCUT2D eigenvalue weighted by atomic mass is 9.99. The van der Waals surface area contributed by atoms with Crippen molar-refractivity contribution in [1.29, 1.82) is 0 Å². The summed E-state index contributed by atoms with van der Waals surface area (Å²) in [6, 6.07) is 5.92. The molecule has 23 heavy (non-hydrogen) atoms. The zero-order valence-corrected chi connectivity index (χ0v) is 13.4. The van der Waals surface area contributed by atoms with Crippen LogP contribution in [0.25, 0.3) is 0 Å². The average Bonchev–Trinajstić information content (AvgIpc) is 3.06. The SMILES string of the molecule is COc1cccc2c1CCN(C(=O)NC(C)Cn1cncn1)C2. The van der Waals surface area contributed by atoms with Crippen molar-refractivity contribution in [3.8, 4) is 5.75 Å². The molecule has 1 N–H and O–H groups in total. The highest BCUT2D eigenvalue weighted by atomic mass is 16.5. The standard InChI is InChI=1S/C16H21N5O2/c1-12(8-21-11-17-10-18-21)19-16(22)20-7-6-14-13(9-20)4-3-5-15(14)23-2/h3-5,10-12H,6-9H2,1-2H3,(H,19,22). The van der Waals surface area contributed by atoms with Crippen molar-refractivity contribution in [2.75, 3.05) is 13.7 Å². The molecule has 0 saturated heterocycles. The van der Waals surface area contributed by atoms with E-state index in [2.05, 4.69) is 21.5 Å². The Bertz CT molecular complexity index is 671. The zero-order chi connectivity index (χ0) is 16.2. The maximum atomic E-state index is 12.4. The van der Waals surface area contributed by atoms with Crippen LogP contribution in [0.2, 0.25) is 0 Å². The predicted octanol–water partition coefficient (Wildman–Crippen LogP) is 1.44. The van der Waals surface area contributed by atoms with Crippen LogP contribution in [0.4, 0.5) is 4.79 Å². The Morgan fingerprint density at radius 2 is 2.35 bits per heavy atom. The van der Waals surface area contributed by atoms with E-state index in [1.54, 1.807) is 18.1 Å². The summed E-state index contributed by atoms with van der Waals surface area (Å²) in [5.41, 5.74) is 2.35. The molecule has 0 spiro atoms. The molecule has 0 saturated carbocycles. The van der Waals surface area contributed by atoms with Crippen molar-refractivity contribution < 1.29 is 9.53 Å². The van der Waals surface area contributed by atoms with Crippen LogP contribution in [-0.2, 0) is 19.5 Å². The number of amides is 2. The first kappa shape index (κ1) is 15.3. The molecule has 0 fully saturated rings. The van der Waals surface area contributed by atoms with E-state index in [1.165, 1.54) is 11.9 Å². The first-order valence-corrected chi connectivity index (χ1v) is 7.70. The van der Waals surface area contributed by atoms with E-state index in [1.807, 2.05) is 24.0 Å². The summed E-state index contributed by atoms with van der Waals surface area (Å²) in [5.74, 6) is 0.905. The highest BCUT2D eigenvalue weighted by Gasteiger charge is 2.23. The third kappa shape index (κ3) is 3.44. The number of fused-ring (bicyclic) bond motifs is 1. The molecule has 3 rings (SSSR count). The van der Waals surface area contributed by atoms with Gasteiger partial charge in [0.1, 0.15) is 18.4 Å². The number of ether oxygens (including phenoxy) is 1. The van der Waals surface area contributed by atoms with Gasteiger partial charge in [-0.1, -0.05) is 12.1 Å². The highest BCUT2D eigenvalue weighted by molar-refractivity contribution is 5.75. The van der Waals surface area contributed by atoms with Crippen molar-refractivity contribution >= 4 is 6.03 Å². The molecule has 1 atom stereocenters. The van der Waals surface area contributed by atoms with Gasteiger partial charge in [0, 0.05) is 24.7 Å². The molecule has 7 nitrogen and oxygen atoms in total. The Kier molecular flexibility index (Phi) is 4.45. The molecule has 1 aliphatic rings. The number of rotatable bonds is 4. The third-order valence-corrected chi connectivity index (χ3v) is 4.03. The lowest BCUT2D eigenvalue weighted by Gasteiger charge is -2.30. The van der Waals surface area contributed by atoms with Crippen LogP contribution in [0.5, 0.6) is 5.75 Å². The summed E-state index contributed by atoms with van der Waals surface area (Å²) in [7, 11) is 1.68. The molecule has 7 heteroatoms. The first-order chi connectivity index (χ1) is 11.2. The fraction of sp³-hybridized carbons (Fsp3) is 0.438. The van der Waals surface area contributed by atoms with Gasteiger partial charge in [-0.3, -0.25) is 4.68 Å². The number of nitrogens with one attached hydrogen (secondary N) is 1. The molecule has 122 valence electrons. The molecule has 1 aromatic carbocycles. The summed E-state index contributed by atoms with van der Waals surface area (Å²) >= 11 is 0. The maximum Gasteiger partial charge on any atom is 0.317 e. The second-order valence-corrected chi connectivity index (χ2v) is 5.74. The van der Waals surface area contributed by atoms with E-state index in [0.29, 0.717) is 19.6 Å². The molecule has 1 unspecified atom stereocenters. The van der Waals surface area contributed by atoms with Crippen LogP contribution in [0.15, 0.2) is 30.9 Å². The Hall–Kier alpha value is -2.57. The molecule has 2 heterocycles. The molecule has 0 aliphatic carbocycles. The number of urea groups is 1. The Balaban J connectivity index is 1.60.